The molecular weight excluding hydrogens is 517 g/mol. The molecule has 1 aliphatic carbocycles. The van der Waals surface area contributed by atoms with Crippen LogP contribution in [0.3, 0.4) is 0 Å². The van der Waals surface area contributed by atoms with Gasteiger partial charge in [0, 0.05) is 27.3 Å². The molecule has 36 heavy (non-hydrogen) atoms. The monoisotopic (exact) mass is 546 g/mol. The van der Waals surface area contributed by atoms with E-state index < -0.39 is 0 Å². The number of nitrogens with one attached hydrogen (secondary N) is 1. The molecule has 2 aliphatic rings. The van der Waals surface area contributed by atoms with Crippen molar-refractivity contribution in [1.82, 2.24) is 14.8 Å². The molecule has 1 amide bonds. The van der Waals surface area contributed by atoms with Crippen LogP contribution < -0.4 is 5.32 Å². The van der Waals surface area contributed by atoms with E-state index in [4.69, 9.17) is 9.47 Å². The smallest absolute Gasteiger partial charge is 0.341 e. The van der Waals surface area contributed by atoms with Crippen molar-refractivity contribution >= 4 is 51.3 Å². The number of hydrogen-bond donors (Lipinski definition) is 1. The topological polar surface area (TPSA) is 95.3 Å². The van der Waals surface area contributed by atoms with Gasteiger partial charge in [0.2, 0.25) is 5.91 Å². The van der Waals surface area contributed by atoms with Crippen LogP contribution in [0.5, 0.6) is 0 Å². The minimum Gasteiger partial charge on any atom is -0.462 e. The zero-order valence-electron chi connectivity index (χ0n) is 20.5. The number of anilines is 1. The number of nitrogens with zero attached hydrogens (tertiary/aromatic N) is 3. The van der Waals surface area contributed by atoms with Gasteiger partial charge in [-0.25, -0.2) is 4.79 Å². The molecule has 1 N–H and O–H groups in total. The first-order valence-corrected chi connectivity index (χ1v) is 15.1. The van der Waals surface area contributed by atoms with Gasteiger partial charge < -0.3 is 14.8 Å². The van der Waals surface area contributed by atoms with Crippen molar-refractivity contribution in [2.75, 3.05) is 24.3 Å². The molecule has 1 atom stereocenters. The molecule has 8 nitrogen and oxygen atoms in total. The van der Waals surface area contributed by atoms with Crippen LogP contribution in [0.2, 0.25) is 0 Å². The molecular formula is C25H30N4O4S3. The van der Waals surface area contributed by atoms with E-state index in [1.807, 2.05) is 0 Å². The van der Waals surface area contributed by atoms with E-state index in [2.05, 4.69) is 38.5 Å². The molecule has 0 spiro atoms. The summed E-state index contributed by atoms with van der Waals surface area (Å²) in [7, 11) is 0. The van der Waals surface area contributed by atoms with Crippen LogP contribution in [0.15, 0.2) is 16.6 Å². The lowest BCUT2D eigenvalue weighted by Gasteiger charge is -2.14. The van der Waals surface area contributed by atoms with Crippen LogP contribution in [0, 0.1) is 0 Å². The maximum Gasteiger partial charge on any atom is 0.341 e. The number of fused-ring (bicyclic) bond motifs is 1. The lowest BCUT2D eigenvalue weighted by atomic mass is 10.1. The van der Waals surface area contributed by atoms with Crippen LogP contribution in [-0.4, -0.2) is 51.7 Å². The molecule has 192 valence electrons. The molecule has 1 saturated heterocycles. The quantitative estimate of drug-likeness (QED) is 0.276. The highest BCUT2D eigenvalue weighted by atomic mass is 32.2. The second-order valence-electron chi connectivity index (χ2n) is 8.83. The summed E-state index contributed by atoms with van der Waals surface area (Å²) in [6, 6.07) is 2.16. The molecule has 0 radical (unpaired) electrons. The summed E-state index contributed by atoms with van der Waals surface area (Å²) in [4.78, 5) is 28.0. The van der Waals surface area contributed by atoms with Crippen molar-refractivity contribution in [3.05, 3.63) is 32.3 Å². The van der Waals surface area contributed by atoms with Gasteiger partial charge in [-0.15, -0.1) is 32.9 Å². The van der Waals surface area contributed by atoms with Crippen molar-refractivity contribution in [2.24, 2.45) is 0 Å². The van der Waals surface area contributed by atoms with Crippen LogP contribution in [-0.2, 0) is 40.1 Å². The molecule has 11 heteroatoms. The van der Waals surface area contributed by atoms with Gasteiger partial charge in [-0.1, -0.05) is 18.7 Å². The fourth-order valence-corrected chi connectivity index (χ4v) is 7.51. The number of aryl methyl sites for hydroxylation is 2. The number of amides is 1. The van der Waals surface area contributed by atoms with Gasteiger partial charge in [0.15, 0.2) is 11.0 Å². The highest BCUT2D eigenvalue weighted by Crippen LogP contribution is 2.39. The number of hydrogen-bond acceptors (Lipinski definition) is 9. The largest absolute Gasteiger partial charge is 0.462 e. The van der Waals surface area contributed by atoms with Crippen molar-refractivity contribution in [3.8, 4) is 11.4 Å². The number of ether oxygens (including phenoxy) is 2. The fraction of sp³-hybridized carbons (Fsp3) is 0.520. The normalized spacial score (nSPS) is 16.9. The summed E-state index contributed by atoms with van der Waals surface area (Å²) in [6.45, 7) is 5.67. The third-order valence-corrected chi connectivity index (χ3v) is 9.63. The lowest BCUT2D eigenvalue weighted by Crippen LogP contribution is -2.19. The van der Waals surface area contributed by atoms with Gasteiger partial charge in [0.05, 0.1) is 30.6 Å². The van der Waals surface area contributed by atoms with Crippen LogP contribution in [0.4, 0.5) is 5.00 Å². The Bertz CT molecular complexity index is 1240. The zero-order valence-corrected chi connectivity index (χ0v) is 23.0. The third-order valence-electron chi connectivity index (χ3n) is 6.37. The first-order valence-electron chi connectivity index (χ1n) is 12.4. The third kappa shape index (κ3) is 5.39. The Morgan fingerprint density at radius 3 is 2.92 bits per heavy atom. The average molecular weight is 547 g/mol. The fourth-order valence-electron chi connectivity index (χ4n) is 4.65. The van der Waals surface area contributed by atoms with Gasteiger partial charge in [0.1, 0.15) is 5.00 Å². The summed E-state index contributed by atoms with van der Waals surface area (Å²) >= 11 is 4.57. The number of rotatable bonds is 10. The standard InChI is InChI=1S/C25H30N4O4S3/c1-3-17-11-15(13-34-17)22-27-28-25(29(22)12-16-7-6-10-33-16)35-14-20(30)26-23-21(24(31)32-4-2)18-8-5-9-19(18)36-23/h11,13,16H,3-10,12,14H2,1-2H3,(H,26,30). The minimum atomic E-state index is -0.358. The molecule has 0 saturated carbocycles. The van der Waals surface area contributed by atoms with E-state index in [-0.39, 0.29) is 23.7 Å². The van der Waals surface area contributed by atoms with Gasteiger partial charge in [-0.05, 0) is 57.1 Å². The Balaban J connectivity index is 1.32. The first kappa shape index (κ1) is 25.4. The van der Waals surface area contributed by atoms with Crippen molar-refractivity contribution in [2.45, 2.75) is 70.2 Å². The summed E-state index contributed by atoms with van der Waals surface area (Å²) in [5, 5.41) is 15.3. The summed E-state index contributed by atoms with van der Waals surface area (Å²) in [5.41, 5.74) is 2.61. The van der Waals surface area contributed by atoms with Gasteiger partial charge in [0.25, 0.3) is 0 Å². The number of carbonyl (C=O) groups excluding carboxylic acids is 2. The predicted octanol–water partition coefficient (Wildman–Crippen LogP) is 5.21. The molecule has 4 heterocycles. The SMILES string of the molecule is CCOC(=O)c1c(NC(=O)CSc2nnc(-c3csc(CC)c3)n2CC2CCCO2)sc2c1CCC2. The number of thioether (sulfide) groups is 1. The second-order valence-corrected chi connectivity index (χ2v) is 11.9. The Hall–Kier alpha value is -2.21. The van der Waals surface area contributed by atoms with Gasteiger partial charge in [-0.2, -0.15) is 0 Å². The van der Waals surface area contributed by atoms with E-state index in [1.165, 1.54) is 32.9 Å². The average Bonchev–Trinajstić information content (AvgIpc) is 3.67. The molecule has 1 aliphatic heterocycles. The summed E-state index contributed by atoms with van der Waals surface area (Å²) in [6.07, 6.45) is 5.98. The Morgan fingerprint density at radius 2 is 2.17 bits per heavy atom. The maximum absolute atomic E-state index is 13.0. The highest BCUT2D eigenvalue weighted by Gasteiger charge is 2.29. The molecule has 0 bridgehead atoms. The predicted molar refractivity (Wildman–Crippen MR) is 143 cm³/mol. The Labute approximate surface area is 222 Å². The van der Waals surface area contributed by atoms with E-state index in [0.29, 0.717) is 28.9 Å². The van der Waals surface area contributed by atoms with Crippen molar-refractivity contribution in [1.29, 1.82) is 0 Å². The van der Waals surface area contributed by atoms with E-state index in [1.54, 1.807) is 18.3 Å². The molecule has 0 aromatic carbocycles. The number of thiophene rings is 2. The molecule has 1 unspecified atom stereocenters. The van der Waals surface area contributed by atoms with E-state index in [9.17, 15) is 9.59 Å². The number of esters is 1. The maximum atomic E-state index is 13.0. The molecule has 3 aromatic heterocycles. The first-order chi connectivity index (χ1) is 17.6. The van der Waals surface area contributed by atoms with Crippen LogP contribution >= 0.6 is 34.4 Å². The van der Waals surface area contributed by atoms with Gasteiger partial charge >= 0.3 is 5.97 Å². The molecule has 1 fully saturated rings. The Morgan fingerprint density at radius 1 is 1.28 bits per heavy atom. The molecule has 3 aromatic rings. The lowest BCUT2D eigenvalue weighted by molar-refractivity contribution is -0.113. The minimum absolute atomic E-state index is 0.123. The second kappa shape index (κ2) is 11.5. The summed E-state index contributed by atoms with van der Waals surface area (Å²) < 4.78 is 13.2. The van der Waals surface area contributed by atoms with Crippen LogP contribution in [0.1, 0.15) is 58.8 Å². The highest BCUT2D eigenvalue weighted by molar-refractivity contribution is 7.99. The number of aromatic nitrogens is 3. The van der Waals surface area contributed by atoms with E-state index >= 15 is 0 Å². The van der Waals surface area contributed by atoms with Gasteiger partial charge in [-0.3, -0.25) is 9.36 Å². The van der Waals surface area contributed by atoms with E-state index in [0.717, 1.165) is 62.1 Å². The Kier molecular flexibility index (Phi) is 8.09. The summed E-state index contributed by atoms with van der Waals surface area (Å²) in [5.74, 6) is 0.437. The number of carbonyl (C=O) groups is 2. The van der Waals surface area contributed by atoms with Crippen molar-refractivity contribution in [3.63, 3.8) is 0 Å². The molecule has 5 rings (SSSR count). The van der Waals surface area contributed by atoms with Crippen molar-refractivity contribution < 1.29 is 19.1 Å². The van der Waals surface area contributed by atoms with Crippen LogP contribution in [0.25, 0.3) is 11.4 Å². The zero-order chi connectivity index (χ0) is 25.1.